The molecule has 23 heavy (non-hydrogen) atoms. The molecule has 0 unspecified atom stereocenters. The van der Waals surface area contributed by atoms with Gasteiger partial charge in [-0.05, 0) is 12.1 Å². The smallest absolute Gasteiger partial charge is 0.525 e. The fourth-order valence-corrected chi connectivity index (χ4v) is 1.63. The van der Waals surface area contributed by atoms with Crippen molar-refractivity contribution in [1.82, 2.24) is 9.97 Å². The number of esters is 2. The topological polar surface area (TPSA) is 96.8 Å². The van der Waals surface area contributed by atoms with Gasteiger partial charge in [0.05, 0.1) is 26.6 Å². The molecule has 0 spiro atoms. The normalized spacial score (nSPS) is 9.65. The Hall–Kier alpha value is -3.10. The van der Waals surface area contributed by atoms with E-state index in [1.54, 1.807) is 0 Å². The molecule has 0 fully saturated rings. The zero-order valence-corrected chi connectivity index (χ0v) is 12.4. The van der Waals surface area contributed by atoms with Crippen LogP contribution in [0.4, 0.5) is 0 Å². The third kappa shape index (κ3) is 3.97. The molecule has 0 amide bonds. The second kappa shape index (κ2) is 7.78. The van der Waals surface area contributed by atoms with Crippen LogP contribution >= 0.6 is 0 Å². The van der Waals surface area contributed by atoms with Crippen LogP contribution in [0.2, 0.25) is 0 Å². The van der Waals surface area contributed by atoms with Gasteiger partial charge in [0.1, 0.15) is 22.6 Å². The number of ether oxygens (including phenoxy) is 2. The van der Waals surface area contributed by atoms with E-state index < -0.39 is 11.9 Å². The van der Waals surface area contributed by atoms with Crippen molar-refractivity contribution >= 4 is 19.6 Å². The summed E-state index contributed by atoms with van der Waals surface area (Å²) in [5, 5.41) is 0. The zero-order chi connectivity index (χ0) is 16.7. The van der Waals surface area contributed by atoms with E-state index in [9.17, 15) is 9.59 Å². The van der Waals surface area contributed by atoms with Crippen LogP contribution in [0.15, 0.2) is 36.9 Å². The molecule has 1 radical (unpaired) electrons. The molecule has 0 atom stereocenters. The van der Waals surface area contributed by atoms with Crippen LogP contribution in [-0.4, -0.2) is 43.8 Å². The van der Waals surface area contributed by atoms with Crippen LogP contribution in [0.1, 0.15) is 20.7 Å². The number of nitrogens with zero attached hydrogens (tertiary/aromatic N) is 2. The molecular formula is C14H12BN2O6. The summed E-state index contributed by atoms with van der Waals surface area (Å²) in [4.78, 5) is 30.9. The number of methoxy groups -OCH3 is 2. The number of aromatic nitrogens is 2. The van der Waals surface area contributed by atoms with E-state index >= 15 is 0 Å². The van der Waals surface area contributed by atoms with Crippen molar-refractivity contribution in [3.63, 3.8) is 0 Å². The Morgan fingerprint density at radius 1 is 0.870 bits per heavy atom. The van der Waals surface area contributed by atoms with Crippen LogP contribution in [-0.2, 0) is 9.47 Å². The summed E-state index contributed by atoms with van der Waals surface area (Å²) in [5.41, 5.74) is 0.364. The summed E-state index contributed by atoms with van der Waals surface area (Å²) in [7, 11) is 3.46. The van der Waals surface area contributed by atoms with E-state index in [1.165, 1.54) is 51.1 Å². The van der Waals surface area contributed by atoms with Crippen molar-refractivity contribution in [2.45, 2.75) is 0 Å². The first-order valence-corrected chi connectivity index (χ1v) is 6.37. The highest BCUT2D eigenvalue weighted by Gasteiger charge is 2.17. The molecule has 2 aromatic heterocycles. The minimum absolute atomic E-state index is 0.142. The molecule has 2 rings (SSSR count). The van der Waals surface area contributed by atoms with Crippen molar-refractivity contribution in [3.05, 3.63) is 48.0 Å². The highest BCUT2D eigenvalue weighted by Crippen LogP contribution is 2.19. The summed E-state index contributed by atoms with van der Waals surface area (Å²) in [6.07, 6.45) is 5.51. The second-order valence-corrected chi connectivity index (χ2v) is 4.06. The van der Waals surface area contributed by atoms with E-state index in [1.807, 2.05) is 0 Å². The predicted octanol–water partition coefficient (Wildman–Crippen LogP) is 1.04. The number of hydrogen-bond donors (Lipinski definition) is 0. The van der Waals surface area contributed by atoms with E-state index in [0.29, 0.717) is 0 Å². The van der Waals surface area contributed by atoms with E-state index in [-0.39, 0.29) is 22.6 Å². The lowest BCUT2D eigenvalue weighted by Crippen LogP contribution is -2.16. The van der Waals surface area contributed by atoms with Crippen molar-refractivity contribution in [2.75, 3.05) is 14.2 Å². The molecule has 0 aliphatic rings. The Morgan fingerprint density at radius 3 is 1.70 bits per heavy atom. The first-order valence-electron chi connectivity index (χ1n) is 6.37. The molecule has 8 nitrogen and oxygen atoms in total. The van der Waals surface area contributed by atoms with Crippen molar-refractivity contribution in [3.8, 4) is 11.5 Å². The van der Waals surface area contributed by atoms with E-state index in [4.69, 9.17) is 9.31 Å². The van der Waals surface area contributed by atoms with Crippen LogP contribution in [0.3, 0.4) is 0 Å². The van der Waals surface area contributed by atoms with Gasteiger partial charge in [0.15, 0.2) is 0 Å². The number of carbonyl (C=O) groups excluding carboxylic acids is 2. The van der Waals surface area contributed by atoms with Crippen LogP contribution < -0.4 is 9.31 Å². The predicted molar refractivity (Wildman–Crippen MR) is 78.2 cm³/mol. The SMILES string of the molecule is COC(=O)c1ccncc1O[B]Oc1cnccc1C(=O)OC. The van der Waals surface area contributed by atoms with Crippen molar-refractivity contribution in [1.29, 1.82) is 0 Å². The molecule has 0 saturated carbocycles. The molecule has 2 aromatic rings. The second-order valence-electron chi connectivity index (χ2n) is 4.06. The number of rotatable bonds is 6. The Kier molecular flexibility index (Phi) is 5.51. The van der Waals surface area contributed by atoms with Gasteiger partial charge < -0.3 is 18.8 Å². The summed E-state index contributed by atoms with van der Waals surface area (Å²) in [5.74, 6) is -0.870. The lowest BCUT2D eigenvalue weighted by molar-refractivity contribution is 0.0590. The largest absolute Gasteiger partial charge is 0.658 e. The van der Waals surface area contributed by atoms with Gasteiger partial charge in [-0.15, -0.1) is 0 Å². The lowest BCUT2D eigenvalue weighted by Gasteiger charge is -2.10. The molecule has 0 aliphatic heterocycles. The quantitative estimate of drug-likeness (QED) is 0.576. The minimum Gasteiger partial charge on any atom is -0.525 e. The fraction of sp³-hybridized carbons (Fsp3) is 0.143. The van der Waals surface area contributed by atoms with Gasteiger partial charge in [-0.1, -0.05) is 0 Å². The van der Waals surface area contributed by atoms with E-state index in [2.05, 4.69) is 19.4 Å². The maximum absolute atomic E-state index is 11.6. The Bertz CT molecular complexity index is 650. The maximum Gasteiger partial charge on any atom is 0.658 e. The Balaban J connectivity index is 2.07. The summed E-state index contributed by atoms with van der Waals surface area (Å²) in [6.45, 7) is 0. The zero-order valence-electron chi connectivity index (χ0n) is 12.4. The van der Waals surface area contributed by atoms with Gasteiger partial charge in [0.25, 0.3) is 0 Å². The van der Waals surface area contributed by atoms with Crippen LogP contribution in [0.5, 0.6) is 11.5 Å². The van der Waals surface area contributed by atoms with Gasteiger partial charge in [-0.2, -0.15) is 0 Å². The molecule has 0 aromatic carbocycles. The van der Waals surface area contributed by atoms with Gasteiger partial charge in [-0.25, -0.2) is 9.59 Å². The van der Waals surface area contributed by atoms with E-state index in [0.717, 1.165) is 7.69 Å². The molecular weight excluding hydrogens is 303 g/mol. The fourth-order valence-electron chi connectivity index (χ4n) is 1.63. The van der Waals surface area contributed by atoms with Gasteiger partial charge in [0, 0.05) is 12.4 Å². The first kappa shape index (κ1) is 16.3. The summed E-state index contributed by atoms with van der Waals surface area (Å²) >= 11 is 0. The average molecular weight is 315 g/mol. The summed E-state index contributed by atoms with van der Waals surface area (Å²) in [6, 6.07) is 2.89. The average Bonchev–Trinajstić information content (AvgIpc) is 2.61. The maximum atomic E-state index is 11.6. The van der Waals surface area contributed by atoms with Gasteiger partial charge in [-0.3, -0.25) is 9.97 Å². The monoisotopic (exact) mass is 315 g/mol. The third-order valence-corrected chi connectivity index (χ3v) is 2.73. The first-order chi connectivity index (χ1) is 11.2. The number of carbonyl (C=O) groups is 2. The Labute approximate surface area is 132 Å². The van der Waals surface area contributed by atoms with Crippen molar-refractivity contribution < 1.29 is 28.4 Å². The molecule has 9 heteroatoms. The summed E-state index contributed by atoms with van der Waals surface area (Å²) < 4.78 is 19.8. The number of pyridine rings is 2. The molecule has 0 saturated heterocycles. The molecule has 0 N–H and O–H groups in total. The highest BCUT2D eigenvalue weighted by atomic mass is 16.6. The molecule has 117 valence electrons. The third-order valence-electron chi connectivity index (χ3n) is 2.73. The van der Waals surface area contributed by atoms with Crippen LogP contribution in [0.25, 0.3) is 0 Å². The van der Waals surface area contributed by atoms with Crippen molar-refractivity contribution in [2.24, 2.45) is 0 Å². The molecule has 2 heterocycles. The standard InChI is InChI=1S/C14H12BN2O6/c1-20-13(18)9-3-5-16-7-11(9)22-15-23-12-8-17-6-4-10(12)14(19)21-2/h3-8H,1-2H3. The molecule has 0 aliphatic carbocycles. The molecule has 0 bridgehead atoms. The number of hydrogen-bond acceptors (Lipinski definition) is 8. The Morgan fingerprint density at radius 2 is 1.30 bits per heavy atom. The highest BCUT2D eigenvalue weighted by molar-refractivity contribution is 6.21. The minimum atomic E-state index is -0.576. The van der Waals surface area contributed by atoms with Crippen LogP contribution in [0, 0.1) is 0 Å². The van der Waals surface area contributed by atoms with Gasteiger partial charge >= 0.3 is 19.6 Å². The van der Waals surface area contributed by atoms with Gasteiger partial charge in [0.2, 0.25) is 0 Å². The lowest BCUT2D eigenvalue weighted by atomic mass is 10.2.